The van der Waals surface area contributed by atoms with E-state index in [1.54, 1.807) is 0 Å². The van der Waals surface area contributed by atoms with E-state index in [0.29, 0.717) is 12.3 Å². The fraction of sp³-hybridized carbons (Fsp3) is 0.316. The van der Waals surface area contributed by atoms with Crippen LogP contribution in [0.2, 0.25) is 5.02 Å². The predicted octanol–water partition coefficient (Wildman–Crippen LogP) is 5.42. The van der Waals surface area contributed by atoms with E-state index < -0.39 is 0 Å². The molecule has 0 radical (unpaired) electrons. The number of halogens is 1. The molecule has 0 unspecified atom stereocenters. The maximum Gasteiger partial charge on any atom is 0.224 e. The van der Waals surface area contributed by atoms with Gasteiger partial charge in [0.1, 0.15) is 0 Å². The van der Waals surface area contributed by atoms with Gasteiger partial charge in [-0.05, 0) is 48.1 Å². The minimum Gasteiger partial charge on any atom is -0.326 e. The van der Waals surface area contributed by atoms with Crippen LogP contribution in [0.25, 0.3) is 0 Å². The Kier molecular flexibility index (Phi) is 6.02. The molecule has 0 aliphatic rings. The van der Waals surface area contributed by atoms with Crippen LogP contribution in [0.5, 0.6) is 0 Å². The second-order valence-corrected chi connectivity index (χ2v) is 6.21. The Morgan fingerprint density at radius 2 is 1.77 bits per heavy atom. The summed E-state index contributed by atoms with van der Waals surface area (Å²) < 4.78 is 0. The van der Waals surface area contributed by atoms with Gasteiger partial charge in [0.15, 0.2) is 0 Å². The number of hydrogen-bond acceptors (Lipinski definition) is 1. The normalized spacial score (nSPS) is 10.7. The van der Waals surface area contributed by atoms with E-state index in [4.69, 9.17) is 11.6 Å². The summed E-state index contributed by atoms with van der Waals surface area (Å²) in [5.74, 6) is 0.465. The number of para-hydroxylation sites is 1. The van der Waals surface area contributed by atoms with Gasteiger partial charge in [-0.1, -0.05) is 55.8 Å². The zero-order chi connectivity index (χ0) is 15.9. The molecule has 2 aromatic rings. The SMILES string of the molecule is CC(C)c1ccccc1NC(=O)CCCc1ccc(Cl)cc1. The number of carbonyl (C=O) groups excluding carboxylic acids is 1. The average molecular weight is 316 g/mol. The van der Waals surface area contributed by atoms with Crippen molar-refractivity contribution in [1.82, 2.24) is 0 Å². The molecule has 2 rings (SSSR count). The third-order valence-electron chi connectivity index (χ3n) is 3.64. The van der Waals surface area contributed by atoms with Crippen molar-refractivity contribution in [2.24, 2.45) is 0 Å². The minimum absolute atomic E-state index is 0.0714. The lowest BCUT2D eigenvalue weighted by molar-refractivity contribution is -0.116. The molecule has 2 aromatic carbocycles. The van der Waals surface area contributed by atoms with Gasteiger partial charge in [0.2, 0.25) is 5.91 Å². The van der Waals surface area contributed by atoms with Gasteiger partial charge in [0, 0.05) is 17.1 Å². The molecule has 0 atom stereocenters. The number of rotatable bonds is 6. The monoisotopic (exact) mass is 315 g/mol. The van der Waals surface area contributed by atoms with E-state index in [9.17, 15) is 4.79 Å². The van der Waals surface area contributed by atoms with Gasteiger partial charge in [-0.2, -0.15) is 0 Å². The van der Waals surface area contributed by atoms with Gasteiger partial charge < -0.3 is 5.32 Å². The number of nitrogens with one attached hydrogen (secondary N) is 1. The van der Waals surface area contributed by atoms with Crippen LogP contribution in [-0.2, 0) is 11.2 Å². The van der Waals surface area contributed by atoms with Gasteiger partial charge in [-0.25, -0.2) is 0 Å². The first-order valence-electron chi connectivity index (χ1n) is 7.69. The van der Waals surface area contributed by atoms with Gasteiger partial charge >= 0.3 is 0 Å². The fourth-order valence-corrected chi connectivity index (χ4v) is 2.56. The first-order chi connectivity index (χ1) is 10.6. The summed E-state index contributed by atoms with van der Waals surface area (Å²) in [6, 6.07) is 15.8. The number of amides is 1. The molecule has 0 aliphatic carbocycles. The summed E-state index contributed by atoms with van der Waals surface area (Å²) in [5, 5.41) is 3.77. The fourth-order valence-electron chi connectivity index (χ4n) is 2.43. The molecule has 0 saturated heterocycles. The van der Waals surface area contributed by atoms with Crippen LogP contribution in [0, 0.1) is 0 Å². The highest BCUT2D eigenvalue weighted by molar-refractivity contribution is 6.30. The first kappa shape index (κ1) is 16.6. The Hall–Kier alpha value is -1.80. The minimum atomic E-state index is 0.0714. The lowest BCUT2D eigenvalue weighted by Gasteiger charge is -2.13. The molecule has 0 fully saturated rings. The molecule has 2 nitrogen and oxygen atoms in total. The Morgan fingerprint density at radius 3 is 2.45 bits per heavy atom. The van der Waals surface area contributed by atoms with E-state index in [2.05, 4.69) is 25.2 Å². The Labute approximate surface area is 137 Å². The van der Waals surface area contributed by atoms with Crippen molar-refractivity contribution in [2.45, 2.75) is 39.0 Å². The molecule has 22 heavy (non-hydrogen) atoms. The largest absolute Gasteiger partial charge is 0.326 e. The quantitative estimate of drug-likeness (QED) is 0.757. The number of anilines is 1. The first-order valence-corrected chi connectivity index (χ1v) is 8.07. The molecular formula is C19H22ClNO. The molecule has 0 heterocycles. The van der Waals surface area contributed by atoms with Crippen molar-refractivity contribution in [3.63, 3.8) is 0 Å². The van der Waals surface area contributed by atoms with E-state index in [0.717, 1.165) is 23.6 Å². The zero-order valence-electron chi connectivity index (χ0n) is 13.1. The van der Waals surface area contributed by atoms with Crippen LogP contribution >= 0.6 is 11.6 Å². The Morgan fingerprint density at radius 1 is 1.09 bits per heavy atom. The summed E-state index contributed by atoms with van der Waals surface area (Å²) >= 11 is 5.86. The van der Waals surface area contributed by atoms with E-state index in [-0.39, 0.29) is 5.91 Å². The second-order valence-electron chi connectivity index (χ2n) is 5.77. The van der Waals surface area contributed by atoms with Crippen molar-refractivity contribution in [3.8, 4) is 0 Å². The van der Waals surface area contributed by atoms with Crippen LogP contribution < -0.4 is 5.32 Å². The van der Waals surface area contributed by atoms with Crippen molar-refractivity contribution in [1.29, 1.82) is 0 Å². The van der Waals surface area contributed by atoms with E-state index >= 15 is 0 Å². The van der Waals surface area contributed by atoms with Crippen molar-refractivity contribution >= 4 is 23.2 Å². The molecule has 1 N–H and O–H groups in total. The summed E-state index contributed by atoms with van der Waals surface area (Å²) in [6.07, 6.45) is 2.24. The maximum absolute atomic E-state index is 12.1. The van der Waals surface area contributed by atoms with Crippen molar-refractivity contribution < 1.29 is 4.79 Å². The van der Waals surface area contributed by atoms with Gasteiger partial charge in [-0.15, -0.1) is 0 Å². The second kappa shape index (κ2) is 8.00. The van der Waals surface area contributed by atoms with Gasteiger partial charge in [0.25, 0.3) is 0 Å². The molecule has 3 heteroatoms. The van der Waals surface area contributed by atoms with Crippen LogP contribution in [0.15, 0.2) is 48.5 Å². The average Bonchev–Trinajstić information content (AvgIpc) is 2.49. The van der Waals surface area contributed by atoms with Crippen LogP contribution in [0.4, 0.5) is 5.69 Å². The van der Waals surface area contributed by atoms with Gasteiger partial charge in [-0.3, -0.25) is 4.79 Å². The lowest BCUT2D eigenvalue weighted by Crippen LogP contribution is -2.13. The summed E-state index contributed by atoms with van der Waals surface area (Å²) in [7, 11) is 0. The van der Waals surface area contributed by atoms with Crippen LogP contribution in [0.1, 0.15) is 43.7 Å². The van der Waals surface area contributed by atoms with Crippen LogP contribution in [0.3, 0.4) is 0 Å². The molecule has 0 saturated carbocycles. The van der Waals surface area contributed by atoms with Gasteiger partial charge in [0.05, 0.1) is 0 Å². The van der Waals surface area contributed by atoms with Crippen LogP contribution in [-0.4, -0.2) is 5.91 Å². The third-order valence-corrected chi connectivity index (χ3v) is 3.89. The topological polar surface area (TPSA) is 29.1 Å². The van der Waals surface area contributed by atoms with Crippen molar-refractivity contribution in [2.75, 3.05) is 5.32 Å². The molecule has 0 aliphatic heterocycles. The number of hydrogen-bond donors (Lipinski definition) is 1. The third kappa shape index (κ3) is 4.88. The Balaban J connectivity index is 1.84. The molecule has 0 spiro atoms. The lowest BCUT2D eigenvalue weighted by atomic mass is 10.0. The van der Waals surface area contributed by atoms with E-state index in [1.165, 1.54) is 11.1 Å². The standard InChI is InChI=1S/C19H22ClNO/c1-14(2)17-7-3-4-8-18(17)21-19(22)9-5-6-15-10-12-16(20)13-11-15/h3-4,7-8,10-14H,5-6,9H2,1-2H3,(H,21,22). The molecule has 0 bridgehead atoms. The molecule has 0 aromatic heterocycles. The maximum atomic E-state index is 12.1. The number of aryl methyl sites for hydroxylation is 1. The molecule has 1 amide bonds. The highest BCUT2D eigenvalue weighted by Crippen LogP contribution is 2.23. The predicted molar refractivity (Wildman–Crippen MR) is 93.6 cm³/mol. The summed E-state index contributed by atoms with van der Waals surface area (Å²) in [4.78, 5) is 12.1. The highest BCUT2D eigenvalue weighted by Gasteiger charge is 2.09. The summed E-state index contributed by atoms with van der Waals surface area (Å²) in [6.45, 7) is 4.26. The smallest absolute Gasteiger partial charge is 0.224 e. The highest BCUT2D eigenvalue weighted by atomic mass is 35.5. The molecule has 116 valence electrons. The summed E-state index contributed by atoms with van der Waals surface area (Å²) in [5.41, 5.74) is 3.31. The Bertz CT molecular complexity index is 620. The zero-order valence-corrected chi connectivity index (χ0v) is 13.9. The number of benzene rings is 2. The molecular weight excluding hydrogens is 294 g/mol. The van der Waals surface area contributed by atoms with Crippen molar-refractivity contribution in [3.05, 3.63) is 64.7 Å². The van der Waals surface area contributed by atoms with E-state index in [1.807, 2.05) is 42.5 Å². The number of carbonyl (C=O) groups is 1.